The van der Waals surface area contributed by atoms with Crippen molar-refractivity contribution in [2.45, 2.75) is 40.3 Å². The highest BCUT2D eigenvalue weighted by Crippen LogP contribution is 2.16. The van der Waals surface area contributed by atoms with E-state index in [2.05, 4.69) is 20.5 Å². The third-order valence-corrected chi connectivity index (χ3v) is 3.84. The van der Waals surface area contributed by atoms with E-state index in [0.29, 0.717) is 11.6 Å². The summed E-state index contributed by atoms with van der Waals surface area (Å²) in [5.74, 6) is 1.75. The average molecular weight is 365 g/mol. The van der Waals surface area contributed by atoms with Gasteiger partial charge in [0.25, 0.3) is 5.78 Å². The minimum atomic E-state index is -0.209. The number of rotatable bonds is 6. The van der Waals surface area contributed by atoms with E-state index in [1.54, 1.807) is 6.08 Å². The summed E-state index contributed by atoms with van der Waals surface area (Å²) in [5.41, 5.74) is 2.76. The molecular formula is C20H23N5O2. The fourth-order valence-corrected chi connectivity index (χ4v) is 2.77. The molecule has 1 N–H and O–H groups in total. The van der Waals surface area contributed by atoms with Gasteiger partial charge in [0.05, 0.1) is 12.6 Å². The number of amides is 1. The number of hydrogen-bond acceptors (Lipinski definition) is 5. The van der Waals surface area contributed by atoms with Crippen LogP contribution < -0.4 is 10.1 Å². The van der Waals surface area contributed by atoms with Crippen LogP contribution in [0, 0.1) is 13.8 Å². The molecule has 0 spiro atoms. The zero-order chi connectivity index (χ0) is 19.4. The van der Waals surface area contributed by atoms with E-state index < -0.39 is 0 Å². The van der Waals surface area contributed by atoms with Crippen molar-refractivity contribution >= 4 is 17.8 Å². The second-order valence-electron chi connectivity index (χ2n) is 6.58. The number of fused-ring (bicyclic) bond motifs is 1. The van der Waals surface area contributed by atoms with Gasteiger partial charge < -0.3 is 10.1 Å². The number of carbonyl (C=O) groups excluding carboxylic acids is 1. The topological polar surface area (TPSA) is 81.4 Å². The Kier molecular flexibility index (Phi) is 5.49. The first-order chi connectivity index (χ1) is 12.9. The lowest BCUT2D eigenvalue weighted by Crippen LogP contribution is -2.22. The largest absolute Gasteiger partial charge is 0.491 e. The molecule has 0 unspecified atom stereocenters. The number of hydrogen-bond donors (Lipinski definition) is 1. The molecule has 0 atom stereocenters. The molecule has 7 heteroatoms. The zero-order valence-corrected chi connectivity index (χ0v) is 15.9. The van der Waals surface area contributed by atoms with E-state index >= 15 is 0 Å². The highest BCUT2D eigenvalue weighted by atomic mass is 16.5. The Morgan fingerprint density at radius 2 is 2.07 bits per heavy atom. The van der Waals surface area contributed by atoms with E-state index in [-0.39, 0.29) is 18.6 Å². The van der Waals surface area contributed by atoms with Crippen LogP contribution in [0.2, 0.25) is 0 Å². The first kappa shape index (κ1) is 18.6. The standard InChI is InChI=1S/C20H23N5O2/c1-13(2)27-17-7-5-6-16(11-17)8-9-19(26)21-12-18-23-24-20-22-14(3)10-15(4)25(18)20/h5-11,13H,12H2,1-4H3,(H,21,26)/b9-8+. The quantitative estimate of drug-likeness (QED) is 0.679. The van der Waals surface area contributed by atoms with Crippen molar-refractivity contribution in [2.75, 3.05) is 0 Å². The van der Waals surface area contributed by atoms with Gasteiger partial charge in [-0.2, -0.15) is 0 Å². The molecule has 140 valence electrons. The smallest absolute Gasteiger partial charge is 0.255 e. The van der Waals surface area contributed by atoms with E-state index in [1.807, 2.05) is 62.4 Å². The first-order valence-corrected chi connectivity index (χ1v) is 8.83. The van der Waals surface area contributed by atoms with E-state index in [9.17, 15) is 4.79 Å². The Morgan fingerprint density at radius 3 is 2.85 bits per heavy atom. The molecule has 2 aromatic heterocycles. The van der Waals surface area contributed by atoms with Crippen molar-refractivity contribution in [2.24, 2.45) is 0 Å². The Bertz CT molecular complexity index is 991. The molecule has 0 bridgehead atoms. The fraction of sp³-hybridized carbons (Fsp3) is 0.300. The molecule has 3 aromatic rings. The van der Waals surface area contributed by atoms with Crippen molar-refractivity contribution in [1.29, 1.82) is 0 Å². The van der Waals surface area contributed by atoms with Crippen LogP contribution >= 0.6 is 0 Å². The van der Waals surface area contributed by atoms with Crippen molar-refractivity contribution in [3.05, 3.63) is 59.2 Å². The monoisotopic (exact) mass is 365 g/mol. The molecule has 1 aromatic carbocycles. The Labute approximate surface area is 158 Å². The zero-order valence-electron chi connectivity index (χ0n) is 15.9. The Morgan fingerprint density at radius 1 is 1.26 bits per heavy atom. The normalized spacial score (nSPS) is 11.4. The van der Waals surface area contributed by atoms with Crippen LogP contribution in [0.3, 0.4) is 0 Å². The Balaban J connectivity index is 1.64. The first-order valence-electron chi connectivity index (χ1n) is 8.83. The number of nitrogens with one attached hydrogen (secondary N) is 1. The summed E-state index contributed by atoms with van der Waals surface area (Å²) in [4.78, 5) is 16.5. The van der Waals surface area contributed by atoms with Crippen LogP contribution in [0.5, 0.6) is 5.75 Å². The molecule has 2 heterocycles. The number of carbonyl (C=O) groups is 1. The molecule has 7 nitrogen and oxygen atoms in total. The van der Waals surface area contributed by atoms with Gasteiger partial charge in [-0.1, -0.05) is 12.1 Å². The van der Waals surface area contributed by atoms with Gasteiger partial charge in [-0.25, -0.2) is 4.98 Å². The minimum absolute atomic E-state index is 0.104. The van der Waals surface area contributed by atoms with Crippen LogP contribution in [-0.2, 0) is 11.3 Å². The molecule has 0 radical (unpaired) electrons. The SMILES string of the molecule is Cc1cc(C)n2c(CNC(=O)/C=C/c3cccc(OC(C)C)c3)nnc2n1. The van der Waals surface area contributed by atoms with Gasteiger partial charge in [0, 0.05) is 17.5 Å². The second-order valence-corrected chi connectivity index (χ2v) is 6.58. The van der Waals surface area contributed by atoms with Gasteiger partial charge in [-0.05, 0) is 57.5 Å². The van der Waals surface area contributed by atoms with Crippen LogP contribution in [0.25, 0.3) is 11.9 Å². The lowest BCUT2D eigenvalue weighted by molar-refractivity contribution is -0.116. The molecule has 0 aliphatic carbocycles. The highest BCUT2D eigenvalue weighted by molar-refractivity contribution is 5.91. The van der Waals surface area contributed by atoms with Gasteiger partial charge in [0.1, 0.15) is 5.75 Å². The summed E-state index contributed by atoms with van der Waals surface area (Å²) in [6.45, 7) is 8.09. The van der Waals surface area contributed by atoms with Crippen molar-refractivity contribution in [3.63, 3.8) is 0 Å². The average Bonchev–Trinajstić information content (AvgIpc) is 3.01. The minimum Gasteiger partial charge on any atom is -0.491 e. The fourth-order valence-electron chi connectivity index (χ4n) is 2.77. The maximum absolute atomic E-state index is 12.1. The summed E-state index contributed by atoms with van der Waals surface area (Å²) < 4.78 is 7.50. The summed E-state index contributed by atoms with van der Waals surface area (Å²) in [6.07, 6.45) is 3.35. The third-order valence-electron chi connectivity index (χ3n) is 3.84. The van der Waals surface area contributed by atoms with Gasteiger partial charge in [0.15, 0.2) is 5.82 Å². The lowest BCUT2D eigenvalue weighted by Gasteiger charge is -2.09. The third kappa shape index (κ3) is 4.69. The molecule has 27 heavy (non-hydrogen) atoms. The number of ether oxygens (including phenoxy) is 1. The van der Waals surface area contributed by atoms with Crippen LogP contribution in [-0.4, -0.2) is 31.6 Å². The molecule has 1 amide bonds. The van der Waals surface area contributed by atoms with E-state index in [0.717, 1.165) is 22.7 Å². The lowest BCUT2D eigenvalue weighted by atomic mass is 10.2. The van der Waals surface area contributed by atoms with E-state index in [1.165, 1.54) is 6.08 Å². The summed E-state index contributed by atoms with van der Waals surface area (Å²) >= 11 is 0. The second kappa shape index (κ2) is 7.99. The summed E-state index contributed by atoms with van der Waals surface area (Å²) in [5, 5.41) is 11.0. The highest BCUT2D eigenvalue weighted by Gasteiger charge is 2.10. The maximum Gasteiger partial charge on any atom is 0.255 e. The molecule has 0 fully saturated rings. The van der Waals surface area contributed by atoms with Crippen molar-refractivity contribution < 1.29 is 9.53 Å². The van der Waals surface area contributed by atoms with Gasteiger partial charge in [-0.3, -0.25) is 9.20 Å². The summed E-state index contributed by atoms with van der Waals surface area (Å²) in [6, 6.07) is 9.56. The maximum atomic E-state index is 12.1. The number of nitrogens with zero attached hydrogens (tertiary/aromatic N) is 4. The van der Waals surface area contributed by atoms with Gasteiger partial charge >= 0.3 is 0 Å². The number of aromatic nitrogens is 4. The van der Waals surface area contributed by atoms with Crippen LogP contribution in [0.15, 0.2) is 36.4 Å². The van der Waals surface area contributed by atoms with Crippen molar-refractivity contribution in [3.8, 4) is 5.75 Å². The van der Waals surface area contributed by atoms with E-state index in [4.69, 9.17) is 4.74 Å². The molecule has 0 saturated heterocycles. The molecule has 0 saturated carbocycles. The van der Waals surface area contributed by atoms with Crippen molar-refractivity contribution in [1.82, 2.24) is 24.9 Å². The van der Waals surface area contributed by atoms with Gasteiger partial charge in [0.2, 0.25) is 5.91 Å². The Hall–Kier alpha value is -3.22. The molecular weight excluding hydrogens is 342 g/mol. The molecule has 3 rings (SSSR count). The molecule has 0 aliphatic heterocycles. The molecule has 0 aliphatic rings. The predicted octanol–water partition coefficient (Wildman–Crippen LogP) is 2.86. The van der Waals surface area contributed by atoms with Gasteiger partial charge in [-0.15, -0.1) is 10.2 Å². The van der Waals surface area contributed by atoms with Crippen LogP contribution in [0.1, 0.15) is 36.6 Å². The van der Waals surface area contributed by atoms with Crippen LogP contribution in [0.4, 0.5) is 0 Å². The number of benzene rings is 1. The summed E-state index contributed by atoms with van der Waals surface area (Å²) in [7, 11) is 0. The predicted molar refractivity (Wildman–Crippen MR) is 103 cm³/mol. The number of aryl methyl sites for hydroxylation is 2.